The van der Waals surface area contributed by atoms with Crippen LogP contribution in [0, 0.1) is 6.92 Å². The predicted molar refractivity (Wildman–Crippen MR) is 151 cm³/mol. The first-order valence-electron chi connectivity index (χ1n) is 13.3. The summed E-state index contributed by atoms with van der Waals surface area (Å²) in [5, 5.41) is 6.26. The molecule has 4 aromatic rings. The van der Waals surface area contributed by atoms with Gasteiger partial charge < -0.3 is 25.2 Å². The second-order valence-corrected chi connectivity index (χ2v) is 9.80. The first-order chi connectivity index (χ1) is 19.7. The fourth-order valence-electron chi connectivity index (χ4n) is 4.84. The summed E-state index contributed by atoms with van der Waals surface area (Å²) in [5.41, 5.74) is 4.27. The number of ether oxygens (including phenoxy) is 1. The van der Waals surface area contributed by atoms with Crippen LogP contribution in [0.4, 0.5) is 20.3 Å². The number of alkyl halides is 2. The summed E-state index contributed by atoms with van der Waals surface area (Å²) in [6.45, 7) is 2.81. The molecular weight excluding hydrogens is 532 g/mol. The fourth-order valence-corrected chi connectivity index (χ4v) is 4.84. The molecule has 0 unspecified atom stereocenters. The summed E-state index contributed by atoms with van der Waals surface area (Å²) in [6.07, 6.45) is 5.10. The van der Waals surface area contributed by atoms with Crippen LogP contribution in [0.5, 0.6) is 5.75 Å². The molecule has 0 saturated carbocycles. The van der Waals surface area contributed by atoms with E-state index in [1.165, 1.54) is 12.1 Å². The summed E-state index contributed by atoms with van der Waals surface area (Å²) in [6, 6.07) is 11.6. The Morgan fingerprint density at radius 1 is 1.00 bits per heavy atom. The van der Waals surface area contributed by atoms with Crippen LogP contribution < -0.4 is 15.4 Å². The SMILES string of the molecule is CN[C@H](C)C(=O)N1CCN(C(=O)c2ccc(Nc3nccn4c(-c5ccc(OC(F)F)cc5)cnc34)cc2C)CC1. The number of nitrogens with one attached hydrogen (secondary N) is 2. The molecule has 1 saturated heterocycles. The average Bonchev–Trinajstić information content (AvgIpc) is 3.41. The Hall–Kier alpha value is -4.58. The minimum atomic E-state index is -2.88. The molecule has 3 heterocycles. The minimum Gasteiger partial charge on any atom is -0.435 e. The molecular formula is C29H31F2N7O3. The van der Waals surface area contributed by atoms with E-state index >= 15 is 0 Å². The lowest BCUT2D eigenvalue weighted by atomic mass is 10.1. The van der Waals surface area contributed by atoms with Gasteiger partial charge in [-0.25, -0.2) is 9.97 Å². The number of benzene rings is 2. The van der Waals surface area contributed by atoms with Gasteiger partial charge in [0.1, 0.15) is 5.75 Å². The van der Waals surface area contributed by atoms with Crippen molar-refractivity contribution < 1.29 is 23.1 Å². The lowest BCUT2D eigenvalue weighted by Gasteiger charge is -2.36. The first kappa shape index (κ1) is 28.0. The highest BCUT2D eigenvalue weighted by atomic mass is 19.3. The zero-order chi connectivity index (χ0) is 29.1. The molecule has 2 aromatic carbocycles. The van der Waals surface area contributed by atoms with Gasteiger partial charge in [0.2, 0.25) is 5.91 Å². The number of fused-ring (bicyclic) bond motifs is 1. The third-order valence-corrected chi connectivity index (χ3v) is 7.20. The third-order valence-electron chi connectivity index (χ3n) is 7.20. The Morgan fingerprint density at radius 2 is 1.71 bits per heavy atom. The van der Waals surface area contributed by atoms with Gasteiger partial charge in [0.05, 0.1) is 17.9 Å². The Labute approximate surface area is 235 Å². The van der Waals surface area contributed by atoms with Crippen LogP contribution in [0.15, 0.2) is 61.1 Å². The molecule has 0 spiro atoms. The van der Waals surface area contributed by atoms with Crippen molar-refractivity contribution in [2.75, 3.05) is 38.5 Å². The number of amides is 2. The number of rotatable bonds is 8. The molecule has 10 nitrogen and oxygen atoms in total. The van der Waals surface area contributed by atoms with Crippen molar-refractivity contribution in [2.24, 2.45) is 0 Å². The third kappa shape index (κ3) is 5.97. The number of aromatic nitrogens is 3. The van der Waals surface area contributed by atoms with Crippen LogP contribution >= 0.6 is 0 Å². The number of hydrogen-bond donors (Lipinski definition) is 2. The van der Waals surface area contributed by atoms with Crippen molar-refractivity contribution in [3.8, 4) is 17.0 Å². The number of nitrogens with zero attached hydrogens (tertiary/aromatic N) is 5. The molecule has 1 aliphatic rings. The molecule has 1 aliphatic heterocycles. The monoisotopic (exact) mass is 563 g/mol. The minimum absolute atomic E-state index is 0.0387. The summed E-state index contributed by atoms with van der Waals surface area (Å²) in [7, 11) is 1.75. The van der Waals surface area contributed by atoms with Gasteiger partial charge in [-0.05, 0) is 68.9 Å². The van der Waals surface area contributed by atoms with E-state index in [0.717, 1.165) is 22.5 Å². The van der Waals surface area contributed by atoms with Crippen molar-refractivity contribution in [1.29, 1.82) is 0 Å². The normalized spacial score (nSPS) is 14.4. The number of aryl methyl sites for hydroxylation is 1. The van der Waals surface area contributed by atoms with Crippen molar-refractivity contribution in [2.45, 2.75) is 26.5 Å². The standard InChI is InChI=1S/C29H31F2N7O3/c1-18-16-21(6-9-23(18)28(40)37-14-12-36(13-15-37)27(39)19(2)32-3)35-25-26-34-17-24(38(26)11-10-33-25)20-4-7-22(8-5-20)41-29(30)31/h4-11,16-17,19,29,32H,12-15H2,1-3H3,(H,33,35)/t19-/m1/s1. The lowest BCUT2D eigenvalue weighted by Crippen LogP contribution is -2.54. The maximum absolute atomic E-state index is 13.3. The molecule has 0 bridgehead atoms. The number of anilines is 2. The second-order valence-electron chi connectivity index (χ2n) is 9.80. The van der Waals surface area contributed by atoms with Gasteiger partial charge in [-0.3, -0.25) is 14.0 Å². The van der Waals surface area contributed by atoms with Gasteiger partial charge in [0, 0.05) is 55.4 Å². The topological polar surface area (TPSA) is 104 Å². The van der Waals surface area contributed by atoms with Gasteiger partial charge in [0.25, 0.3) is 5.91 Å². The largest absolute Gasteiger partial charge is 0.435 e. The zero-order valence-corrected chi connectivity index (χ0v) is 23.0. The highest BCUT2D eigenvalue weighted by molar-refractivity contribution is 5.96. The zero-order valence-electron chi connectivity index (χ0n) is 23.0. The molecule has 2 aromatic heterocycles. The molecule has 1 atom stereocenters. The number of carbonyl (C=O) groups excluding carboxylic acids is 2. The molecule has 2 amide bonds. The molecule has 0 radical (unpaired) electrons. The highest BCUT2D eigenvalue weighted by Gasteiger charge is 2.27. The highest BCUT2D eigenvalue weighted by Crippen LogP contribution is 2.28. The van der Waals surface area contributed by atoms with E-state index in [4.69, 9.17) is 0 Å². The number of halogens is 2. The second kappa shape index (κ2) is 11.9. The first-order valence-corrected chi connectivity index (χ1v) is 13.3. The van der Waals surface area contributed by atoms with Crippen LogP contribution in [0.25, 0.3) is 16.9 Å². The van der Waals surface area contributed by atoms with Gasteiger partial charge in [-0.15, -0.1) is 0 Å². The summed E-state index contributed by atoms with van der Waals surface area (Å²) >= 11 is 0. The van der Waals surface area contributed by atoms with Crippen LogP contribution in [0.2, 0.25) is 0 Å². The number of hydrogen-bond acceptors (Lipinski definition) is 7. The van der Waals surface area contributed by atoms with Crippen LogP contribution in [0.1, 0.15) is 22.8 Å². The lowest BCUT2D eigenvalue weighted by molar-refractivity contribution is -0.134. The predicted octanol–water partition coefficient (Wildman–Crippen LogP) is 3.94. The van der Waals surface area contributed by atoms with Crippen LogP contribution in [0.3, 0.4) is 0 Å². The quantitative estimate of drug-likeness (QED) is 0.335. The number of imidazole rings is 1. The van der Waals surface area contributed by atoms with E-state index in [-0.39, 0.29) is 23.6 Å². The van der Waals surface area contributed by atoms with E-state index < -0.39 is 6.61 Å². The Kier molecular flexibility index (Phi) is 8.11. The Bertz CT molecular complexity index is 1550. The van der Waals surface area contributed by atoms with Crippen molar-refractivity contribution >= 4 is 29.0 Å². The van der Waals surface area contributed by atoms with Crippen molar-refractivity contribution in [1.82, 2.24) is 29.5 Å². The van der Waals surface area contributed by atoms with E-state index in [2.05, 4.69) is 25.3 Å². The summed E-state index contributed by atoms with van der Waals surface area (Å²) in [4.78, 5) is 38.2. The molecule has 0 aliphatic carbocycles. The van der Waals surface area contributed by atoms with E-state index in [9.17, 15) is 18.4 Å². The van der Waals surface area contributed by atoms with Gasteiger partial charge in [0.15, 0.2) is 11.5 Å². The van der Waals surface area contributed by atoms with Crippen molar-refractivity contribution in [3.63, 3.8) is 0 Å². The number of carbonyl (C=O) groups is 2. The van der Waals surface area contributed by atoms with E-state index in [0.29, 0.717) is 43.2 Å². The maximum atomic E-state index is 13.3. The van der Waals surface area contributed by atoms with E-state index in [1.54, 1.807) is 53.6 Å². The molecule has 12 heteroatoms. The Morgan fingerprint density at radius 3 is 2.37 bits per heavy atom. The maximum Gasteiger partial charge on any atom is 0.387 e. The van der Waals surface area contributed by atoms with Gasteiger partial charge in [-0.2, -0.15) is 8.78 Å². The smallest absolute Gasteiger partial charge is 0.387 e. The fraction of sp³-hybridized carbons (Fsp3) is 0.310. The van der Waals surface area contributed by atoms with Crippen LogP contribution in [-0.4, -0.2) is 81.9 Å². The number of likely N-dealkylation sites (N-methyl/N-ethyl adjacent to an activating group) is 1. The van der Waals surface area contributed by atoms with Gasteiger partial charge in [-0.1, -0.05) is 0 Å². The molecule has 41 heavy (non-hydrogen) atoms. The molecule has 2 N–H and O–H groups in total. The van der Waals surface area contributed by atoms with Gasteiger partial charge >= 0.3 is 6.61 Å². The molecule has 1 fully saturated rings. The average molecular weight is 564 g/mol. The summed E-state index contributed by atoms with van der Waals surface area (Å²) in [5.74, 6) is 0.574. The summed E-state index contributed by atoms with van der Waals surface area (Å²) < 4.78 is 31.3. The van der Waals surface area contributed by atoms with Crippen LogP contribution in [-0.2, 0) is 4.79 Å². The molecule has 5 rings (SSSR count). The Balaban J connectivity index is 1.28. The molecule has 214 valence electrons. The van der Waals surface area contributed by atoms with Crippen molar-refractivity contribution in [3.05, 3.63) is 72.2 Å². The number of piperazine rings is 1. The van der Waals surface area contributed by atoms with E-state index in [1.807, 2.05) is 30.4 Å².